The van der Waals surface area contributed by atoms with Crippen LogP contribution in [0.4, 0.5) is 0 Å². The normalized spacial score (nSPS) is 11.6. The molecule has 2 N–H and O–H groups in total. The molecule has 1 heterocycles. The van der Waals surface area contributed by atoms with Crippen LogP contribution in [0.25, 0.3) is 0 Å². The number of hydrogen-bond acceptors (Lipinski definition) is 3. The molecule has 0 spiro atoms. The van der Waals surface area contributed by atoms with Gasteiger partial charge in [0.25, 0.3) is 5.91 Å². The van der Waals surface area contributed by atoms with E-state index in [0.717, 1.165) is 36.1 Å². The Labute approximate surface area is 120 Å². The fourth-order valence-electron chi connectivity index (χ4n) is 2.34. The Kier molecular flexibility index (Phi) is 6.52. The molecule has 1 aromatic rings. The summed E-state index contributed by atoms with van der Waals surface area (Å²) in [6.45, 7) is 7.12. The van der Waals surface area contributed by atoms with Crippen molar-refractivity contribution in [2.75, 3.05) is 13.2 Å². The van der Waals surface area contributed by atoms with Crippen LogP contribution in [0.1, 0.15) is 55.3 Å². The lowest BCUT2D eigenvalue weighted by atomic mass is 9.79. The number of carbonyl (C=O) groups excluding carboxylic acids is 1. The predicted molar refractivity (Wildman–Crippen MR) is 80.7 cm³/mol. The van der Waals surface area contributed by atoms with Crippen LogP contribution in [-0.2, 0) is 6.42 Å². The predicted octanol–water partition coefficient (Wildman–Crippen LogP) is 3.23. The Morgan fingerprint density at radius 2 is 2.05 bits per heavy atom. The van der Waals surface area contributed by atoms with Crippen LogP contribution in [0.2, 0.25) is 0 Å². The van der Waals surface area contributed by atoms with E-state index in [4.69, 9.17) is 0 Å². The SMILES string of the molecule is CCc1ccsc1C(=O)NCC(CC)(CC)CCO. The van der Waals surface area contributed by atoms with Gasteiger partial charge in [-0.15, -0.1) is 11.3 Å². The van der Waals surface area contributed by atoms with Gasteiger partial charge < -0.3 is 10.4 Å². The van der Waals surface area contributed by atoms with Gasteiger partial charge in [-0.05, 0) is 48.1 Å². The van der Waals surface area contributed by atoms with E-state index in [2.05, 4.69) is 26.1 Å². The molecule has 19 heavy (non-hydrogen) atoms. The van der Waals surface area contributed by atoms with Gasteiger partial charge in [-0.25, -0.2) is 0 Å². The second-order valence-corrected chi connectivity index (χ2v) is 5.91. The lowest BCUT2D eigenvalue weighted by Crippen LogP contribution is -2.37. The maximum atomic E-state index is 12.2. The quantitative estimate of drug-likeness (QED) is 0.769. The average molecular weight is 283 g/mol. The third kappa shape index (κ3) is 4.05. The van der Waals surface area contributed by atoms with Crippen LogP contribution in [0.5, 0.6) is 0 Å². The van der Waals surface area contributed by atoms with Crippen LogP contribution in [-0.4, -0.2) is 24.2 Å². The molecule has 0 bridgehead atoms. The molecule has 0 radical (unpaired) electrons. The Morgan fingerprint density at radius 1 is 1.37 bits per heavy atom. The number of aliphatic hydroxyl groups is 1. The van der Waals surface area contributed by atoms with Gasteiger partial charge in [0.05, 0.1) is 4.88 Å². The molecule has 0 aliphatic heterocycles. The average Bonchev–Trinajstić information content (AvgIpc) is 2.91. The molecule has 0 atom stereocenters. The van der Waals surface area contributed by atoms with Crippen LogP contribution in [0, 0.1) is 5.41 Å². The first kappa shape index (κ1) is 16.2. The van der Waals surface area contributed by atoms with Gasteiger partial charge in [-0.3, -0.25) is 4.79 Å². The molecule has 108 valence electrons. The van der Waals surface area contributed by atoms with E-state index in [9.17, 15) is 9.90 Å². The number of carbonyl (C=O) groups is 1. The van der Waals surface area contributed by atoms with E-state index < -0.39 is 0 Å². The van der Waals surface area contributed by atoms with Gasteiger partial charge >= 0.3 is 0 Å². The Morgan fingerprint density at radius 3 is 2.58 bits per heavy atom. The Balaban J connectivity index is 2.67. The summed E-state index contributed by atoms with van der Waals surface area (Å²) in [4.78, 5) is 13.0. The molecule has 0 saturated heterocycles. The van der Waals surface area contributed by atoms with Crippen molar-refractivity contribution in [2.24, 2.45) is 5.41 Å². The van der Waals surface area contributed by atoms with Gasteiger partial charge in [0.15, 0.2) is 0 Å². The fraction of sp³-hybridized carbons (Fsp3) is 0.667. The van der Waals surface area contributed by atoms with Gasteiger partial charge in [0.1, 0.15) is 0 Å². The maximum Gasteiger partial charge on any atom is 0.261 e. The van der Waals surface area contributed by atoms with Crippen molar-refractivity contribution in [1.29, 1.82) is 0 Å². The molecule has 1 rings (SSSR count). The van der Waals surface area contributed by atoms with Crippen molar-refractivity contribution in [2.45, 2.75) is 46.5 Å². The number of thiophene rings is 1. The number of amides is 1. The van der Waals surface area contributed by atoms with Gasteiger partial charge in [-0.1, -0.05) is 20.8 Å². The Bertz CT molecular complexity index is 397. The lowest BCUT2D eigenvalue weighted by Gasteiger charge is -2.31. The van der Waals surface area contributed by atoms with Gasteiger partial charge in [0.2, 0.25) is 0 Å². The Hall–Kier alpha value is -0.870. The minimum Gasteiger partial charge on any atom is -0.396 e. The summed E-state index contributed by atoms with van der Waals surface area (Å²) in [5.41, 5.74) is 1.14. The largest absolute Gasteiger partial charge is 0.396 e. The van der Waals surface area contributed by atoms with Crippen LogP contribution in [0.15, 0.2) is 11.4 Å². The standard InChI is InChI=1S/C15H25NO2S/c1-4-12-7-10-19-13(12)14(18)16-11-15(5-2,6-3)8-9-17/h7,10,17H,4-6,8-9,11H2,1-3H3,(H,16,18). The molecule has 0 aliphatic rings. The zero-order valence-corrected chi connectivity index (χ0v) is 13.0. The first-order valence-corrected chi connectivity index (χ1v) is 7.95. The van der Waals surface area contributed by atoms with Crippen LogP contribution >= 0.6 is 11.3 Å². The molecular weight excluding hydrogens is 258 g/mol. The lowest BCUT2D eigenvalue weighted by molar-refractivity contribution is 0.0910. The summed E-state index contributed by atoms with van der Waals surface area (Å²) >= 11 is 1.50. The maximum absolute atomic E-state index is 12.2. The topological polar surface area (TPSA) is 49.3 Å². The third-order valence-electron chi connectivity index (χ3n) is 4.10. The first-order chi connectivity index (χ1) is 9.12. The van der Waals surface area contributed by atoms with Gasteiger partial charge in [-0.2, -0.15) is 0 Å². The summed E-state index contributed by atoms with van der Waals surface area (Å²) in [7, 11) is 0. The monoisotopic (exact) mass is 283 g/mol. The van der Waals surface area contributed by atoms with E-state index in [1.165, 1.54) is 11.3 Å². The highest BCUT2D eigenvalue weighted by molar-refractivity contribution is 7.12. The molecule has 1 aromatic heterocycles. The summed E-state index contributed by atoms with van der Waals surface area (Å²) in [6.07, 6.45) is 3.56. The van der Waals surface area contributed by atoms with Crippen molar-refractivity contribution in [3.05, 3.63) is 21.9 Å². The molecule has 0 fully saturated rings. The zero-order valence-electron chi connectivity index (χ0n) is 12.2. The molecular formula is C15H25NO2S. The van der Waals surface area contributed by atoms with Crippen LogP contribution < -0.4 is 5.32 Å². The highest BCUT2D eigenvalue weighted by atomic mass is 32.1. The zero-order chi connectivity index (χ0) is 14.3. The highest BCUT2D eigenvalue weighted by Gasteiger charge is 2.26. The molecule has 4 heteroatoms. The van der Waals surface area contributed by atoms with Crippen LogP contribution in [0.3, 0.4) is 0 Å². The van der Waals surface area contributed by atoms with Crippen molar-refractivity contribution in [3.63, 3.8) is 0 Å². The molecule has 0 aliphatic carbocycles. The molecule has 0 saturated carbocycles. The van der Waals surface area contributed by atoms with E-state index >= 15 is 0 Å². The smallest absolute Gasteiger partial charge is 0.261 e. The number of rotatable bonds is 8. The van der Waals surface area contributed by atoms with E-state index in [-0.39, 0.29) is 17.9 Å². The molecule has 3 nitrogen and oxygen atoms in total. The summed E-state index contributed by atoms with van der Waals surface area (Å²) in [6, 6.07) is 2.01. The minimum atomic E-state index is 0.0219. The second-order valence-electron chi connectivity index (χ2n) is 4.99. The summed E-state index contributed by atoms with van der Waals surface area (Å²) in [5, 5.41) is 14.2. The molecule has 0 unspecified atom stereocenters. The van der Waals surface area contributed by atoms with Crippen molar-refractivity contribution < 1.29 is 9.90 Å². The molecule has 0 aromatic carbocycles. The summed E-state index contributed by atoms with van der Waals surface area (Å²) < 4.78 is 0. The summed E-state index contributed by atoms with van der Waals surface area (Å²) in [5.74, 6) is 0.0241. The molecule has 1 amide bonds. The third-order valence-corrected chi connectivity index (χ3v) is 5.06. The van der Waals surface area contributed by atoms with Crippen molar-refractivity contribution in [1.82, 2.24) is 5.32 Å². The highest BCUT2D eigenvalue weighted by Crippen LogP contribution is 2.29. The minimum absolute atomic E-state index is 0.0219. The van der Waals surface area contributed by atoms with E-state index in [0.29, 0.717) is 6.54 Å². The van der Waals surface area contributed by atoms with E-state index in [1.807, 2.05) is 11.4 Å². The second kappa shape index (κ2) is 7.65. The number of aliphatic hydroxyl groups excluding tert-OH is 1. The number of aryl methyl sites for hydroxylation is 1. The van der Waals surface area contributed by atoms with E-state index in [1.54, 1.807) is 0 Å². The number of nitrogens with one attached hydrogen (secondary N) is 1. The first-order valence-electron chi connectivity index (χ1n) is 7.07. The van der Waals surface area contributed by atoms with Crippen molar-refractivity contribution in [3.8, 4) is 0 Å². The van der Waals surface area contributed by atoms with Crippen molar-refractivity contribution >= 4 is 17.2 Å². The number of hydrogen-bond donors (Lipinski definition) is 2. The fourth-order valence-corrected chi connectivity index (χ4v) is 3.25. The van der Waals surface area contributed by atoms with Gasteiger partial charge in [0, 0.05) is 13.2 Å².